The Morgan fingerprint density at radius 2 is 1.81 bits per heavy atom. The van der Waals surface area contributed by atoms with E-state index in [9.17, 15) is 24.2 Å². The number of benzene rings is 3. The van der Waals surface area contributed by atoms with Gasteiger partial charge in [0.05, 0.1) is 26.2 Å². The lowest BCUT2D eigenvalue weighted by Gasteiger charge is -2.35. The van der Waals surface area contributed by atoms with Gasteiger partial charge in [-0.2, -0.15) is 0 Å². The molecule has 0 aromatic heterocycles. The van der Waals surface area contributed by atoms with Crippen LogP contribution in [0.3, 0.4) is 0 Å². The van der Waals surface area contributed by atoms with Crippen molar-refractivity contribution < 1.29 is 38.4 Å². The third-order valence-electron chi connectivity index (χ3n) is 9.74. The quantitative estimate of drug-likeness (QED) is 0.191. The summed E-state index contributed by atoms with van der Waals surface area (Å²) in [5.41, 5.74) is 3.31. The molecule has 2 aliphatic rings. The summed E-state index contributed by atoms with van der Waals surface area (Å²) in [4.78, 5) is 31.5. The number of carboxylic acids is 1. The lowest BCUT2D eigenvalue weighted by Crippen LogP contribution is -2.48. The Kier molecular flexibility index (Phi) is 11.6. The molecule has 1 saturated heterocycles. The number of amides is 1. The molecule has 48 heavy (non-hydrogen) atoms. The van der Waals surface area contributed by atoms with E-state index in [1.807, 2.05) is 34.1 Å². The molecule has 0 aliphatic carbocycles. The second kappa shape index (κ2) is 15.8. The lowest BCUT2D eigenvalue weighted by atomic mass is 9.82. The van der Waals surface area contributed by atoms with Gasteiger partial charge in [-0.15, -0.1) is 0 Å². The largest absolute Gasteiger partial charge is 0.496 e. The number of aliphatic hydroxyl groups is 1. The Hall–Kier alpha value is -4.15. The fraction of sp³-hybridized carbons (Fsp3) is 0.474. The summed E-state index contributed by atoms with van der Waals surface area (Å²) in [5.74, 6) is -1.10. The first-order valence-corrected chi connectivity index (χ1v) is 16.9. The molecule has 0 bridgehead atoms. The van der Waals surface area contributed by atoms with Crippen LogP contribution in [0.5, 0.6) is 17.2 Å². The first-order valence-electron chi connectivity index (χ1n) is 16.9. The number of carbonyl (C=O) groups is 2. The van der Waals surface area contributed by atoms with Crippen LogP contribution in [-0.2, 0) is 22.6 Å². The molecule has 3 aromatic rings. The van der Waals surface area contributed by atoms with Crippen molar-refractivity contribution in [3.05, 3.63) is 82.7 Å². The normalized spacial score (nSPS) is 18.8. The fourth-order valence-electron chi connectivity index (χ4n) is 7.50. The number of likely N-dealkylation sites (tertiary alicyclic amines) is 1. The van der Waals surface area contributed by atoms with Gasteiger partial charge in [0.25, 0.3) is 0 Å². The van der Waals surface area contributed by atoms with Crippen molar-refractivity contribution in [3.63, 3.8) is 0 Å². The van der Waals surface area contributed by atoms with Crippen molar-refractivity contribution in [2.75, 3.05) is 31.9 Å². The van der Waals surface area contributed by atoms with E-state index >= 15 is 0 Å². The fourth-order valence-corrected chi connectivity index (χ4v) is 7.50. The molecule has 2 heterocycles. The standard InChI is InChI=1S/C38H47FN2O7/c1-5-9-28(10-6-2)41(29-14-15-31(39)24(3)17-29)35(43)21-40-20-30(26-18-27(22-42)37-34(19-26)47-23-48-37)36(38(44)45)32(40)16-13-25-11-7-8-12-33(25)46-4/h7-8,11-12,14-15,17-19,28,30,32,36,42H,5-6,9-10,13,16,20-23H2,1-4H3,(H,44,45)/t30-,32+,36-/m1/s1. The number of methoxy groups -OCH3 is 1. The van der Waals surface area contributed by atoms with Crippen molar-refractivity contribution in [3.8, 4) is 17.2 Å². The number of halogens is 1. The average Bonchev–Trinajstić information content (AvgIpc) is 3.70. The summed E-state index contributed by atoms with van der Waals surface area (Å²) in [5, 5.41) is 20.9. The molecule has 10 heteroatoms. The van der Waals surface area contributed by atoms with Gasteiger partial charge in [-0.25, -0.2) is 4.39 Å². The van der Waals surface area contributed by atoms with E-state index in [1.54, 1.807) is 38.3 Å². The lowest BCUT2D eigenvalue weighted by molar-refractivity contribution is -0.143. The molecular weight excluding hydrogens is 615 g/mol. The molecule has 1 amide bonds. The minimum absolute atomic E-state index is 0.00532. The topological polar surface area (TPSA) is 109 Å². The molecule has 0 radical (unpaired) electrons. The van der Waals surface area contributed by atoms with Crippen LogP contribution in [0.25, 0.3) is 0 Å². The van der Waals surface area contributed by atoms with E-state index in [1.165, 1.54) is 6.07 Å². The van der Waals surface area contributed by atoms with E-state index in [0.29, 0.717) is 53.3 Å². The molecular formula is C38H47FN2O7. The third kappa shape index (κ3) is 7.45. The molecule has 2 N–H and O–H groups in total. The number of nitrogens with zero attached hydrogens (tertiary/aromatic N) is 2. The molecule has 9 nitrogen and oxygen atoms in total. The predicted molar refractivity (Wildman–Crippen MR) is 181 cm³/mol. The van der Waals surface area contributed by atoms with Gasteiger partial charge in [0, 0.05) is 35.8 Å². The maximum absolute atomic E-state index is 14.5. The number of carboxylic acid groups (broad SMARTS) is 1. The number of aliphatic carboxylic acids is 1. The van der Waals surface area contributed by atoms with E-state index in [4.69, 9.17) is 14.2 Å². The van der Waals surface area contributed by atoms with Crippen molar-refractivity contribution in [1.29, 1.82) is 0 Å². The van der Waals surface area contributed by atoms with Crippen molar-refractivity contribution >= 4 is 17.6 Å². The van der Waals surface area contributed by atoms with Crippen LogP contribution in [0, 0.1) is 18.7 Å². The highest BCUT2D eigenvalue weighted by Crippen LogP contribution is 2.45. The number of rotatable bonds is 15. The Bertz CT molecular complexity index is 1590. The van der Waals surface area contributed by atoms with Crippen LogP contribution in [0.4, 0.5) is 10.1 Å². The number of aliphatic hydroxyl groups excluding tert-OH is 1. The number of carbonyl (C=O) groups excluding carboxylic acids is 1. The third-order valence-corrected chi connectivity index (χ3v) is 9.74. The Labute approximate surface area is 282 Å². The molecule has 3 atom stereocenters. The monoisotopic (exact) mass is 662 g/mol. The number of anilines is 1. The van der Waals surface area contributed by atoms with E-state index in [0.717, 1.165) is 37.0 Å². The summed E-state index contributed by atoms with van der Waals surface area (Å²) in [6.07, 6.45) is 4.35. The van der Waals surface area contributed by atoms with E-state index in [-0.39, 0.29) is 37.7 Å². The van der Waals surface area contributed by atoms with Gasteiger partial charge in [-0.3, -0.25) is 14.5 Å². The molecule has 1 fully saturated rings. The Balaban J connectivity index is 1.53. The average molecular weight is 663 g/mol. The Morgan fingerprint density at radius 1 is 1.06 bits per heavy atom. The van der Waals surface area contributed by atoms with Crippen molar-refractivity contribution in [2.24, 2.45) is 5.92 Å². The van der Waals surface area contributed by atoms with E-state index < -0.39 is 23.8 Å². The SMILES string of the molecule is CCCC(CCC)N(C(=O)CN1C[C@H](c2cc(CO)c3c(c2)OCO3)[C@@H](C(=O)O)[C@@H]1CCc1ccccc1OC)c1ccc(F)c(C)c1. The van der Waals surface area contributed by atoms with Crippen LogP contribution < -0.4 is 19.1 Å². The summed E-state index contributed by atoms with van der Waals surface area (Å²) in [6, 6.07) is 15.5. The van der Waals surface area contributed by atoms with E-state index in [2.05, 4.69) is 13.8 Å². The number of aryl methyl sites for hydroxylation is 2. The predicted octanol–water partition coefficient (Wildman–Crippen LogP) is 6.47. The van der Waals surface area contributed by atoms with Gasteiger partial charge < -0.3 is 29.3 Å². The first-order chi connectivity index (χ1) is 23.2. The van der Waals surface area contributed by atoms with Gasteiger partial charge in [-0.05, 0) is 85.7 Å². The van der Waals surface area contributed by atoms with Gasteiger partial charge in [0.2, 0.25) is 12.7 Å². The smallest absolute Gasteiger partial charge is 0.308 e. The number of ether oxygens (including phenoxy) is 3. The summed E-state index contributed by atoms with van der Waals surface area (Å²) < 4.78 is 31.2. The summed E-state index contributed by atoms with van der Waals surface area (Å²) in [6.45, 7) is 5.91. The zero-order valence-corrected chi connectivity index (χ0v) is 28.3. The Morgan fingerprint density at radius 3 is 2.48 bits per heavy atom. The highest BCUT2D eigenvalue weighted by molar-refractivity contribution is 5.95. The van der Waals surface area contributed by atoms with Gasteiger partial charge in [-0.1, -0.05) is 44.9 Å². The van der Waals surface area contributed by atoms with Crippen LogP contribution in [0.1, 0.15) is 74.1 Å². The van der Waals surface area contributed by atoms with Crippen molar-refractivity contribution in [1.82, 2.24) is 4.90 Å². The van der Waals surface area contributed by atoms with Crippen molar-refractivity contribution in [2.45, 2.75) is 83.9 Å². The van der Waals surface area contributed by atoms with Crippen LogP contribution in [0.15, 0.2) is 54.6 Å². The maximum Gasteiger partial charge on any atom is 0.308 e. The molecule has 2 aliphatic heterocycles. The number of para-hydroxylation sites is 1. The zero-order valence-electron chi connectivity index (χ0n) is 28.3. The maximum atomic E-state index is 14.5. The number of hydrogen-bond acceptors (Lipinski definition) is 7. The summed E-state index contributed by atoms with van der Waals surface area (Å²) >= 11 is 0. The number of fused-ring (bicyclic) bond motifs is 1. The zero-order chi connectivity index (χ0) is 34.4. The van der Waals surface area contributed by atoms with Crippen LogP contribution in [-0.4, -0.2) is 66.1 Å². The molecule has 0 saturated carbocycles. The molecule has 5 rings (SSSR count). The molecule has 3 aromatic carbocycles. The second-order valence-electron chi connectivity index (χ2n) is 12.8. The second-order valence-corrected chi connectivity index (χ2v) is 12.8. The van der Waals surface area contributed by atoms with Gasteiger partial charge in [0.1, 0.15) is 11.6 Å². The highest BCUT2D eigenvalue weighted by Gasteiger charge is 2.48. The molecule has 0 unspecified atom stereocenters. The van der Waals surface area contributed by atoms with Gasteiger partial charge in [0.15, 0.2) is 11.5 Å². The highest BCUT2D eigenvalue weighted by atomic mass is 19.1. The minimum Gasteiger partial charge on any atom is -0.496 e. The summed E-state index contributed by atoms with van der Waals surface area (Å²) in [7, 11) is 1.61. The molecule has 0 spiro atoms. The van der Waals surface area contributed by atoms with Gasteiger partial charge >= 0.3 is 5.97 Å². The van der Waals surface area contributed by atoms with Crippen LogP contribution in [0.2, 0.25) is 0 Å². The minimum atomic E-state index is -0.955. The van der Waals surface area contributed by atoms with Crippen LogP contribution >= 0.6 is 0 Å². The number of hydrogen-bond donors (Lipinski definition) is 2. The first kappa shape index (κ1) is 35.2. The molecule has 258 valence electrons.